The van der Waals surface area contributed by atoms with Gasteiger partial charge in [-0.1, -0.05) is 35.3 Å². The van der Waals surface area contributed by atoms with Gasteiger partial charge in [0.15, 0.2) is 0 Å². The van der Waals surface area contributed by atoms with E-state index in [4.69, 9.17) is 23.2 Å². The van der Waals surface area contributed by atoms with Crippen LogP contribution in [0.2, 0.25) is 10.0 Å². The topological polar surface area (TPSA) is 64.0 Å². The van der Waals surface area contributed by atoms with Crippen LogP contribution in [0, 0.1) is 6.92 Å². The average Bonchev–Trinajstić information content (AvgIpc) is 3.07. The third-order valence-corrected chi connectivity index (χ3v) is 5.49. The standard InChI is InChI=1S/C18H11Cl2N3O2S/c1-9-21-14-7-12(19)13(20)8-15(14)23(9)11-4-2-10(3-5-11)6-16-17(24)22-18(25)26-16/h2-8H,1H3,(H,22,24,25)/b16-6-. The van der Waals surface area contributed by atoms with Crippen LogP contribution in [-0.4, -0.2) is 20.7 Å². The number of nitrogens with zero attached hydrogens (tertiary/aromatic N) is 2. The van der Waals surface area contributed by atoms with Gasteiger partial charge in [0.1, 0.15) is 5.82 Å². The van der Waals surface area contributed by atoms with Crippen LogP contribution in [-0.2, 0) is 4.79 Å². The summed E-state index contributed by atoms with van der Waals surface area (Å²) in [6, 6.07) is 11.1. The Bertz CT molecular complexity index is 1100. The molecule has 130 valence electrons. The smallest absolute Gasteiger partial charge is 0.290 e. The number of carbonyl (C=O) groups excluding carboxylic acids is 2. The van der Waals surface area contributed by atoms with Crippen molar-refractivity contribution in [1.82, 2.24) is 14.9 Å². The van der Waals surface area contributed by atoms with Crippen LogP contribution in [0.4, 0.5) is 4.79 Å². The van der Waals surface area contributed by atoms with Crippen LogP contribution in [0.3, 0.4) is 0 Å². The molecular weight excluding hydrogens is 393 g/mol. The molecule has 1 aliphatic heterocycles. The highest BCUT2D eigenvalue weighted by Gasteiger charge is 2.24. The Hall–Kier alpha value is -2.28. The zero-order valence-corrected chi connectivity index (χ0v) is 15.7. The summed E-state index contributed by atoms with van der Waals surface area (Å²) in [6.07, 6.45) is 1.68. The molecule has 2 amide bonds. The van der Waals surface area contributed by atoms with Crippen LogP contribution < -0.4 is 5.32 Å². The van der Waals surface area contributed by atoms with Crippen molar-refractivity contribution >= 4 is 63.2 Å². The Labute approximate surface area is 163 Å². The highest BCUT2D eigenvalue weighted by atomic mass is 35.5. The van der Waals surface area contributed by atoms with E-state index in [1.54, 1.807) is 18.2 Å². The molecule has 0 bridgehead atoms. The van der Waals surface area contributed by atoms with Gasteiger partial charge in [0.25, 0.3) is 11.1 Å². The van der Waals surface area contributed by atoms with Crippen molar-refractivity contribution in [1.29, 1.82) is 0 Å². The Morgan fingerprint density at radius 3 is 2.46 bits per heavy atom. The molecule has 26 heavy (non-hydrogen) atoms. The molecule has 8 heteroatoms. The molecule has 2 aromatic carbocycles. The monoisotopic (exact) mass is 403 g/mol. The van der Waals surface area contributed by atoms with E-state index in [1.165, 1.54) is 0 Å². The molecule has 4 rings (SSSR count). The van der Waals surface area contributed by atoms with Gasteiger partial charge in [0, 0.05) is 5.69 Å². The zero-order chi connectivity index (χ0) is 18.4. The maximum absolute atomic E-state index is 11.6. The molecule has 1 aromatic heterocycles. The fourth-order valence-corrected chi connectivity index (χ4v) is 3.81. The van der Waals surface area contributed by atoms with Crippen molar-refractivity contribution in [2.24, 2.45) is 0 Å². The molecule has 0 saturated carbocycles. The lowest BCUT2D eigenvalue weighted by atomic mass is 10.2. The number of imidazole rings is 1. The average molecular weight is 404 g/mol. The minimum Gasteiger partial charge on any atom is -0.296 e. The van der Waals surface area contributed by atoms with Gasteiger partial charge in [-0.3, -0.25) is 19.5 Å². The largest absolute Gasteiger partial charge is 0.296 e. The van der Waals surface area contributed by atoms with Gasteiger partial charge in [-0.25, -0.2) is 4.98 Å². The molecular formula is C18H11Cl2N3O2S. The number of imide groups is 1. The van der Waals surface area contributed by atoms with E-state index in [9.17, 15) is 9.59 Å². The van der Waals surface area contributed by atoms with Crippen LogP contribution in [0.5, 0.6) is 0 Å². The number of halogens is 2. The number of thioether (sulfide) groups is 1. The van der Waals surface area contributed by atoms with E-state index in [0.29, 0.717) is 15.0 Å². The van der Waals surface area contributed by atoms with E-state index in [-0.39, 0.29) is 11.1 Å². The lowest BCUT2D eigenvalue weighted by Gasteiger charge is -2.08. The Morgan fingerprint density at radius 1 is 1.12 bits per heavy atom. The zero-order valence-electron chi connectivity index (χ0n) is 13.4. The summed E-state index contributed by atoms with van der Waals surface area (Å²) >= 11 is 13.1. The van der Waals surface area contributed by atoms with Crippen LogP contribution in [0.1, 0.15) is 11.4 Å². The van der Waals surface area contributed by atoms with Gasteiger partial charge in [0.2, 0.25) is 0 Å². The molecule has 1 fully saturated rings. The Morgan fingerprint density at radius 2 is 1.81 bits per heavy atom. The second kappa shape index (κ2) is 6.46. The van der Waals surface area contributed by atoms with E-state index in [2.05, 4.69) is 10.3 Å². The number of hydrogen-bond acceptors (Lipinski definition) is 4. The molecule has 5 nitrogen and oxygen atoms in total. The number of benzene rings is 2. The summed E-state index contributed by atoms with van der Waals surface area (Å²) in [5, 5.41) is 2.82. The minimum atomic E-state index is -0.368. The second-order valence-corrected chi connectivity index (χ2v) is 7.52. The summed E-state index contributed by atoms with van der Waals surface area (Å²) in [4.78, 5) is 27.8. The van der Waals surface area contributed by atoms with E-state index >= 15 is 0 Å². The number of aryl methyl sites for hydroxylation is 1. The van der Waals surface area contributed by atoms with Gasteiger partial charge < -0.3 is 0 Å². The first-order chi connectivity index (χ1) is 12.4. The maximum atomic E-state index is 11.6. The highest BCUT2D eigenvalue weighted by Crippen LogP contribution is 2.30. The van der Waals surface area contributed by atoms with Crippen molar-refractivity contribution in [3.63, 3.8) is 0 Å². The van der Waals surface area contributed by atoms with Gasteiger partial charge in [-0.2, -0.15) is 0 Å². The summed E-state index contributed by atoms with van der Waals surface area (Å²) in [7, 11) is 0. The molecule has 1 N–H and O–H groups in total. The molecule has 0 spiro atoms. The summed E-state index contributed by atoms with van der Waals surface area (Å²) < 4.78 is 1.98. The molecule has 0 atom stereocenters. The number of carbonyl (C=O) groups is 2. The Kier molecular flexibility index (Phi) is 4.26. The first kappa shape index (κ1) is 17.1. The minimum absolute atomic E-state index is 0.353. The van der Waals surface area contributed by atoms with E-state index < -0.39 is 0 Å². The van der Waals surface area contributed by atoms with Crippen molar-refractivity contribution < 1.29 is 9.59 Å². The summed E-state index contributed by atoms with van der Waals surface area (Å²) in [5.74, 6) is 0.438. The molecule has 2 heterocycles. The second-order valence-electron chi connectivity index (χ2n) is 5.69. The van der Waals surface area contributed by atoms with Crippen molar-refractivity contribution in [2.75, 3.05) is 0 Å². The highest BCUT2D eigenvalue weighted by molar-refractivity contribution is 8.18. The van der Waals surface area contributed by atoms with Crippen molar-refractivity contribution in [2.45, 2.75) is 6.92 Å². The lowest BCUT2D eigenvalue weighted by Crippen LogP contribution is -2.17. The number of rotatable bonds is 2. The fraction of sp³-hybridized carbons (Fsp3) is 0.0556. The molecule has 0 radical (unpaired) electrons. The summed E-state index contributed by atoms with van der Waals surface area (Å²) in [6.45, 7) is 1.91. The first-order valence-corrected chi connectivity index (χ1v) is 9.19. The third kappa shape index (κ3) is 3.00. The van der Waals surface area contributed by atoms with Crippen molar-refractivity contribution in [3.05, 3.63) is 62.7 Å². The normalized spacial score (nSPS) is 15.9. The third-order valence-electron chi connectivity index (χ3n) is 3.96. The maximum Gasteiger partial charge on any atom is 0.290 e. The van der Waals surface area contributed by atoms with E-state index in [0.717, 1.165) is 39.9 Å². The summed E-state index contributed by atoms with van der Waals surface area (Å²) in [5.41, 5.74) is 3.36. The predicted octanol–water partition coefficient (Wildman–Crippen LogP) is 4.96. The number of amides is 2. The van der Waals surface area contributed by atoms with Gasteiger partial charge in [-0.15, -0.1) is 0 Å². The molecule has 1 saturated heterocycles. The quantitative estimate of drug-likeness (QED) is 0.613. The molecule has 0 aliphatic carbocycles. The van der Waals surface area contributed by atoms with Crippen LogP contribution in [0.15, 0.2) is 41.3 Å². The van der Waals surface area contributed by atoms with Crippen LogP contribution >= 0.6 is 35.0 Å². The van der Waals surface area contributed by atoms with Crippen molar-refractivity contribution in [3.8, 4) is 5.69 Å². The fourth-order valence-electron chi connectivity index (χ4n) is 2.81. The van der Waals surface area contributed by atoms with Gasteiger partial charge >= 0.3 is 0 Å². The van der Waals surface area contributed by atoms with Gasteiger partial charge in [0.05, 0.1) is 26.0 Å². The SMILES string of the molecule is Cc1nc2cc(Cl)c(Cl)cc2n1-c1ccc(/C=C2\SC(=O)NC2=O)cc1. The number of nitrogens with one attached hydrogen (secondary N) is 1. The molecule has 3 aromatic rings. The van der Waals surface area contributed by atoms with Crippen LogP contribution in [0.25, 0.3) is 22.8 Å². The van der Waals surface area contributed by atoms with Gasteiger partial charge in [-0.05, 0) is 54.6 Å². The lowest BCUT2D eigenvalue weighted by molar-refractivity contribution is -0.115. The number of aromatic nitrogens is 2. The first-order valence-electron chi connectivity index (χ1n) is 7.62. The number of fused-ring (bicyclic) bond motifs is 1. The molecule has 1 aliphatic rings. The Balaban J connectivity index is 1.74. The predicted molar refractivity (Wildman–Crippen MR) is 105 cm³/mol. The van der Waals surface area contributed by atoms with E-state index in [1.807, 2.05) is 35.8 Å². The molecule has 0 unspecified atom stereocenters. The number of hydrogen-bond donors (Lipinski definition) is 1.